The van der Waals surface area contributed by atoms with E-state index in [1.165, 1.54) is 9.80 Å². The van der Waals surface area contributed by atoms with Gasteiger partial charge >= 0.3 is 0 Å². The molecule has 1 N–H and O–H groups in total. The van der Waals surface area contributed by atoms with Crippen molar-refractivity contribution in [3.8, 4) is 0 Å². The molecule has 1 aliphatic heterocycles. The van der Waals surface area contributed by atoms with Gasteiger partial charge in [-0.2, -0.15) is 0 Å². The van der Waals surface area contributed by atoms with E-state index >= 15 is 0 Å². The van der Waals surface area contributed by atoms with E-state index in [0.717, 1.165) is 16.0 Å². The van der Waals surface area contributed by atoms with Crippen LogP contribution in [0.1, 0.15) is 22.4 Å². The highest BCUT2D eigenvalue weighted by molar-refractivity contribution is 7.09. The average Bonchev–Trinajstić information content (AvgIpc) is 3.42. The number of piperazine rings is 1. The lowest BCUT2D eigenvalue weighted by Gasteiger charge is -2.42. The summed E-state index contributed by atoms with van der Waals surface area (Å²) in [7, 11) is 0. The summed E-state index contributed by atoms with van der Waals surface area (Å²) in [6, 6.07) is 17.2. The second-order valence-electron chi connectivity index (χ2n) is 9.23. The van der Waals surface area contributed by atoms with E-state index in [2.05, 4.69) is 5.32 Å². The molecule has 3 atom stereocenters. The maximum Gasteiger partial charge on any atom is 0.247 e. The highest BCUT2D eigenvalue weighted by atomic mass is 35.5. The first-order valence-corrected chi connectivity index (χ1v) is 14.9. The summed E-state index contributed by atoms with van der Waals surface area (Å²) in [5, 5.41) is 5.91. The zero-order valence-electron chi connectivity index (χ0n) is 20.9. The van der Waals surface area contributed by atoms with Crippen LogP contribution in [0.5, 0.6) is 0 Å². The molecule has 11 heteroatoms. The van der Waals surface area contributed by atoms with Crippen molar-refractivity contribution in [1.29, 1.82) is 0 Å². The Bertz CT molecular complexity index is 1270. The average molecular weight is 627 g/mol. The topological polar surface area (TPSA) is 69.7 Å². The van der Waals surface area contributed by atoms with Crippen LogP contribution < -0.4 is 5.32 Å². The lowest BCUT2D eigenvalue weighted by atomic mass is 10.0. The van der Waals surface area contributed by atoms with Crippen LogP contribution in [0.15, 0.2) is 66.0 Å². The standard InChI is InChI=1S/C28H27Cl4N3O3S/c29-20-7-3-18(4-8-20)14-24(31)33-26(36)16-23-28(38)35(25(32)15-19-5-9-21(30)10-6-19)17-27(37)34(23)12-11-22-2-1-13-39-22/h1-10,13,23-25H,11-12,14-17H2,(H,33,36). The molecule has 2 aromatic carbocycles. The van der Waals surface area contributed by atoms with Crippen molar-refractivity contribution >= 4 is 75.5 Å². The first kappa shape index (κ1) is 29.7. The van der Waals surface area contributed by atoms with Gasteiger partial charge in [0.2, 0.25) is 17.7 Å². The van der Waals surface area contributed by atoms with E-state index in [-0.39, 0.29) is 24.8 Å². The summed E-state index contributed by atoms with van der Waals surface area (Å²) in [4.78, 5) is 43.9. The Morgan fingerprint density at radius 1 is 0.949 bits per heavy atom. The van der Waals surface area contributed by atoms with Crippen molar-refractivity contribution in [3.63, 3.8) is 0 Å². The van der Waals surface area contributed by atoms with Crippen LogP contribution in [0.25, 0.3) is 0 Å². The van der Waals surface area contributed by atoms with Crippen molar-refractivity contribution in [2.24, 2.45) is 0 Å². The van der Waals surface area contributed by atoms with Gasteiger partial charge in [0.1, 0.15) is 23.6 Å². The number of rotatable bonds is 11. The minimum absolute atomic E-state index is 0.155. The van der Waals surface area contributed by atoms with Gasteiger partial charge in [0.05, 0.1) is 6.42 Å². The highest BCUT2D eigenvalue weighted by Crippen LogP contribution is 2.24. The van der Waals surface area contributed by atoms with Gasteiger partial charge in [-0.3, -0.25) is 14.4 Å². The van der Waals surface area contributed by atoms with Crippen molar-refractivity contribution in [1.82, 2.24) is 15.1 Å². The molecule has 4 rings (SSSR count). The minimum Gasteiger partial charge on any atom is -0.340 e. The first-order valence-electron chi connectivity index (χ1n) is 12.4. The smallest absolute Gasteiger partial charge is 0.247 e. The van der Waals surface area contributed by atoms with E-state index in [1.807, 2.05) is 41.8 Å². The molecule has 39 heavy (non-hydrogen) atoms. The van der Waals surface area contributed by atoms with Gasteiger partial charge in [-0.25, -0.2) is 0 Å². The second-order valence-corrected chi connectivity index (χ2v) is 12.2. The number of alkyl halides is 2. The molecule has 1 aliphatic rings. The molecule has 0 aliphatic carbocycles. The molecule has 1 saturated heterocycles. The molecule has 0 saturated carbocycles. The number of carbonyl (C=O) groups is 3. The number of benzene rings is 2. The summed E-state index contributed by atoms with van der Waals surface area (Å²) in [5.41, 5.74) is 0.313. The van der Waals surface area contributed by atoms with E-state index in [0.29, 0.717) is 35.9 Å². The molecule has 3 amide bonds. The number of carbonyl (C=O) groups excluding carboxylic acids is 3. The van der Waals surface area contributed by atoms with E-state index in [9.17, 15) is 14.4 Å². The molecular formula is C28H27Cl4N3O3S. The third-order valence-electron chi connectivity index (χ3n) is 6.43. The molecule has 206 valence electrons. The lowest BCUT2D eigenvalue weighted by Crippen LogP contribution is -2.62. The van der Waals surface area contributed by atoms with Crippen LogP contribution in [0.4, 0.5) is 0 Å². The maximum atomic E-state index is 13.7. The molecule has 2 heterocycles. The zero-order valence-corrected chi connectivity index (χ0v) is 24.7. The third kappa shape index (κ3) is 8.35. The summed E-state index contributed by atoms with van der Waals surface area (Å²) < 4.78 is 0. The number of halogens is 4. The van der Waals surface area contributed by atoms with Gasteiger partial charge in [-0.15, -0.1) is 11.3 Å². The Morgan fingerprint density at radius 2 is 1.56 bits per heavy atom. The van der Waals surface area contributed by atoms with Gasteiger partial charge < -0.3 is 15.1 Å². The Hall–Kier alpha value is -2.29. The van der Waals surface area contributed by atoms with Crippen molar-refractivity contribution < 1.29 is 14.4 Å². The van der Waals surface area contributed by atoms with Gasteiger partial charge in [0, 0.05) is 34.3 Å². The van der Waals surface area contributed by atoms with Gasteiger partial charge in [-0.1, -0.05) is 76.7 Å². The van der Waals surface area contributed by atoms with E-state index in [1.54, 1.807) is 35.6 Å². The van der Waals surface area contributed by atoms with Crippen LogP contribution in [-0.4, -0.2) is 57.7 Å². The molecule has 3 unspecified atom stereocenters. The predicted molar refractivity (Wildman–Crippen MR) is 158 cm³/mol. The molecular weight excluding hydrogens is 600 g/mol. The Balaban J connectivity index is 1.45. The third-order valence-corrected chi connectivity index (χ3v) is 8.52. The van der Waals surface area contributed by atoms with Crippen LogP contribution in [-0.2, 0) is 33.6 Å². The SMILES string of the molecule is O=C(CC1C(=O)N(C(Cl)Cc2ccc(Cl)cc2)CC(=O)N1CCc1cccs1)NC(Cl)Cc1ccc(Cl)cc1. The first-order chi connectivity index (χ1) is 18.7. The van der Waals surface area contributed by atoms with Crippen LogP contribution in [0, 0.1) is 0 Å². The fraction of sp³-hybridized carbons (Fsp3) is 0.321. The maximum absolute atomic E-state index is 13.7. The molecule has 3 aromatic rings. The number of nitrogens with zero attached hydrogens (tertiary/aromatic N) is 2. The number of hydrogen-bond donors (Lipinski definition) is 1. The second kappa shape index (κ2) is 13.9. The van der Waals surface area contributed by atoms with Gasteiger partial charge in [-0.05, 0) is 53.3 Å². The van der Waals surface area contributed by atoms with Crippen molar-refractivity contribution in [2.75, 3.05) is 13.1 Å². The summed E-state index contributed by atoms with van der Waals surface area (Å²) in [6.45, 7) is 0.161. The Labute approximate surface area is 251 Å². The van der Waals surface area contributed by atoms with Crippen LogP contribution in [0.3, 0.4) is 0 Å². The van der Waals surface area contributed by atoms with Crippen molar-refractivity contribution in [3.05, 3.63) is 92.1 Å². The number of amides is 3. The number of nitrogens with one attached hydrogen (secondary N) is 1. The fourth-order valence-corrected chi connectivity index (χ4v) is 6.02. The Kier molecular flexibility index (Phi) is 10.6. The van der Waals surface area contributed by atoms with Gasteiger partial charge in [0.25, 0.3) is 0 Å². The molecule has 0 radical (unpaired) electrons. The Morgan fingerprint density at radius 3 is 2.15 bits per heavy atom. The molecule has 0 spiro atoms. The monoisotopic (exact) mass is 625 g/mol. The van der Waals surface area contributed by atoms with E-state index < -0.39 is 23.0 Å². The number of hydrogen-bond acceptors (Lipinski definition) is 4. The summed E-state index contributed by atoms with van der Waals surface area (Å²) >= 11 is 26.6. The fourth-order valence-electron chi connectivity index (χ4n) is 4.43. The normalized spacial score (nSPS) is 17.3. The largest absolute Gasteiger partial charge is 0.340 e. The quantitative estimate of drug-likeness (QED) is 0.217. The molecule has 0 bridgehead atoms. The number of thiophene rings is 1. The zero-order chi connectivity index (χ0) is 27.9. The predicted octanol–water partition coefficient (Wildman–Crippen LogP) is 5.76. The van der Waals surface area contributed by atoms with Crippen LogP contribution >= 0.6 is 57.7 Å². The van der Waals surface area contributed by atoms with E-state index in [4.69, 9.17) is 46.4 Å². The molecule has 1 fully saturated rings. The van der Waals surface area contributed by atoms with Gasteiger partial charge in [0.15, 0.2) is 0 Å². The highest BCUT2D eigenvalue weighted by Gasteiger charge is 2.42. The van der Waals surface area contributed by atoms with Crippen LogP contribution in [0.2, 0.25) is 10.0 Å². The molecule has 1 aromatic heterocycles. The molecule has 6 nitrogen and oxygen atoms in total. The lowest BCUT2D eigenvalue weighted by molar-refractivity contribution is -0.158. The van der Waals surface area contributed by atoms with Crippen molar-refractivity contribution in [2.45, 2.75) is 42.7 Å². The summed E-state index contributed by atoms with van der Waals surface area (Å²) in [6.07, 6.45) is 1.07. The minimum atomic E-state index is -0.989. The summed E-state index contributed by atoms with van der Waals surface area (Å²) in [5.74, 6) is -1.05.